The van der Waals surface area contributed by atoms with Gasteiger partial charge in [0.2, 0.25) is 0 Å². The molecular formula is C10H16O2. The first-order valence-corrected chi connectivity index (χ1v) is 4.55. The zero-order valence-electron chi connectivity index (χ0n) is 7.49. The molecule has 1 rings (SSSR count). The second kappa shape index (κ2) is 4.41. The molecule has 1 saturated carbocycles. The monoisotopic (exact) mass is 168 g/mol. The van der Waals surface area contributed by atoms with E-state index in [-0.39, 0.29) is 12.0 Å². The fourth-order valence-electron chi connectivity index (χ4n) is 1.87. The number of aldehydes is 1. The molecule has 0 bridgehead atoms. The van der Waals surface area contributed by atoms with Gasteiger partial charge in [0, 0.05) is 5.92 Å². The number of rotatable bonds is 2. The summed E-state index contributed by atoms with van der Waals surface area (Å²) in [6, 6.07) is 0. The number of hydrogen-bond acceptors (Lipinski definition) is 2. The molecular weight excluding hydrogens is 152 g/mol. The second-order valence-corrected chi connectivity index (χ2v) is 3.51. The molecule has 0 unspecified atom stereocenters. The Bertz CT molecular complexity index is 184. The molecule has 0 heterocycles. The highest BCUT2D eigenvalue weighted by molar-refractivity contribution is 5.66. The maximum atomic E-state index is 10.2. The number of carbonyl (C=O) groups is 1. The summed E-state index contributed by atoms with van der Waals surface area (Å²) in [5, 5.41) is 9.61. The fourth-order valence-corrected chi connectivity index (χ4v) is 1.87. The summed E-state index contributed by atoms with van der Waals surface area (Å²) >= 11 is 0. The first-order valence-electron chi connectivity index (χ1n) is 4.55. The van der Waals surface area contributed by atoms with Crippen LogP contribution in [-0.4, -0.2) is 17.5 Å². The second-order valence-electron chi connectivity index (χ2n) is 3.51. The lowest BCUT2D eigenvalue weighted by Crippen LogP contribution is -2.25. The number of carbonyl (C=O) groups excluding carboxylic acids is 1. The van der Waals surface area contributed by atoms with Crippen LogP contribution in [0.5, 0.6) is 0 Å². The van der Waals surface area contributed by atoms with Gasteiger partial charge in [-0.25, -0.2) is 0 Å². The van der Waals surface area contributed by atoms with Gasteiger partial charge in [-0.2, -0.15) is 0 Å². The molecule has 0 aromatic rings. The summed E-state index contributed by atoms with van der Waals surface area (Å²) in [6.45, 7) is 1.92. The summed E-state index contributed by atoms with van der Waals surface area (Å²) in [5.74, 6) is 0.226. The van der Waals surface area contributed by atoms with Gasteiger partial charge < -0.3 is 5.11 Å². The van der Waals surface area contributed by atoms with E-state index in [1.54, 1.807) is 6.08 Å². The summed E-state index contributed by atoms with van der Waals surface area (Å²) in [7, 11) is 0. The highest BCUT2D eigenvalue weighted by Crippen LogP contribution is 2.29. The van der Waals surface area contributed by atoms with Crippen LogP contribution in [0.2, 0.25) is 0 Å². The molecule has 2 atom stereocenters. The van der Waals surface area contributed by atoms with Crippen molar-refractivity contribution in [2.75, 3.05) is 0 Å². The molecule has 2 nitrogen and oxygen atoms in total. The Balaban J connectivity index is 2.58. The molecule has 2 heteroatoms. The van der Waals surface area contributed by atoms with Crippen molar-refractivity contribution in [1.29, 1.82) is 0 Å². The first kappa shape index (κ1) is 9.46. The van der Waals surface area contributed by atoms with Gasteiger partial charge in [-0.1, -0.05) is 18.4 Å². The average molecular weight is 168 g/mol. The highest BCUT2D eigenvalue weighted by atomic mass is 16.3. The third kappa shape index (κ3) is 2.18. The third-order valence-electron chi connectivity index (χ3n) is 2.65. The zero-order chi connectivity index (χ0) is 8.97. The Morgan fingerprint density at radius 1 is 1.42 bits per heavy atom. The number of allylic oxidation sites excluding steroid dienone is 1. The Hall–Kier alpha value is -0.630. The molecule has 0 aromatic carbocycles. The third-order valence-corrected chi connectivity index (χ3v) is 2.65. The van der Waals surface area contributed by atoms with Crippen molar-refractivity contribution in [3.63, 3.8) is 0 Å². The van der Waals surface area contributed by atoms with Gasteiger partial charge >= 0.3 is 0 Å². The van der Waals surface area contributed by atoms with Crippen LogP contribution in [0.1, 0.15) is 32.6 Å². The minimum atomic E-state index is -0.227. The minimum Gasteiger partial charge on any atom is -0.393 e. The van der Waals surface area contributed by atoms with Crippen LogP contribution in [-0.2, 0) is 4.79 Å². The van der Waals surface area contributed by atoms with Crippen molar-refractivity contribution < 1.29 is 9.90 Å². The fraction of sp³-hybridized carbons (Fsp3) is 0.700. The molecule has 0 radical (unpaired) electrons. The molecule has 1 N–H and O–H groups in total. The molecule has 12 heavy (non-hydrogen) atoms. The maximum Gasteiger partial charge on any atom is 0.142 e. The van der Waals surface area contributed by atoms with Crippen LogP contribution in [0.25, 0.3) is 0 Å². The number of aliphatic hydroxyl groups is 1. The smallest absolute Gasteiger partial charge is 0.142 e. The molecule has 0 amide bonds. The van der Waals surface area contributed by atoms with Crippen molar-refractivity contribution in [3.8, 4) is 0 Å². The molecule has 0 saturated heterocycles. The van der Waals surface area contributed by atoms with E-state index in [1.807, 2.05) is 6.92 Å². The molecule has 1 fully saturated rings. The van der Waals surface area contributed by atoms with Crippen LogP contribution in [0.3, 0.4) is 0 Å². The standard InChI is InChI=1S/C10H16O2/c1-8(6-7-11)9-4-2-3-5-10(9)12/h6-7,9-10,12H,2-5H2,1H3/b8-6+/t9-,10+/m1/s1. The largest absolute Gasteiger partial charge is 0.393 e. The van der Waals surface area contributed by atoms with E-state index in [0.717, 1.165) is 31.1 Å². The quantitative estimate of drug-likeness (QED) is 0.503. The van der Waals surface area contributed by atoms with E-state index in [0.29, 0.717) is 0 Å². The van der Waals surface area contributed by atoms with Crippen LogP contribution in [0.4, 0.5) is 0 Å². The minimum absolute atomic E-state index is 0.226. The lowest BCUT2D eigenvalue weighted by atomic mass is 9.82. The van der Waals surface area contributed by atoms with E-state index in [2.05, 4.69) is 0 Å². The van der Waals surface area contributed by atoms with Crippen molar-refractivity contribution in [3.05, 3.63) is 11.6 Å². The lowest BCUT2D eigenvalue weighted by Gasteiger charge is -2.27. The Morgan fingerprint density at radius 2 is 2.08 bits per heavy atom. The molecule has 0 spiro atoms. The van der Waals surface area contributed by atoms with Crippen LogP contribution >= 0.6 is 0 Å². The average Bonchev–Trinajstić information content (AvgIpc) is 2.05. The highest BCUT2D eigenvalue weighted by Gasteiger charge is 2.23. The van der Waals surface area contributed by atoms with Gasteiger partial charge in [-0.3, -0.25) is 4.79 Å². The van der Waals surface area contributed by atoms with Gasteiger partial charge in [-0.15, -0.1) is 0 Å². The van der Waals surface area contributed by atoms with Crippen molar-refractivity contribution in [2.24, 2.45) is 5.92 Å². The summed E-state index contributed by atoms with van der Waals surface area (Å²) in [6.07, 6.45) is 6.34. The molecule has 0 aliphatic heterocycles. The van der Waals surface area contributed by atoms with Crippen molar-refractivity contribution >= 4 is 6.29 Å². The maximum absolute atomic E-state index is 10.2. The molecule has 68 valence electrons. The summed E-state index contributed by atoms with van der Waals surface area (Å²) in [4.78, 5) is 10.2. The number of aliphatic hydroxyl groups excluding tert-OH is 1. The Labute approximate surface area is 73.3 Å². The van der Waals surface area contributed by atoms with E-state index in [1.165, 1.54) is 6.42 Å². The van der Waals surface area contributed by atoms with Gasteiger partial charge in [0.15, 0.2) is 0 Å². The van der Waals surface area contributed by atoms with Crippen LogP contribution < -0.4 is 0 Å². The van der Waals surface area contributed by atoms with E-state index >= 15 is 0 Å². The van der Waals surface area contributed by atoms with Gasteiger partial charge in [-0.05, 0) is 25.8 Å². The number of hydrogen-bond donors (Lipinski definition) is 1. The first-order chi connectivity index (χ1) is 5.75. The topological polar surface area (TPSA) is 37.3 Å². The zero-order valence-corrected chi connectivity index (χ0v) is 7.49. The van der Waals surface area contributed by atoms with Crippen molar-refractivity contribution in [1.82, 2.24) is 0 Å². The summed E-state index contributed by atoms with van der Waals surface area (Å²) < 4.78 is 0. The van der Waals surface area contributed by atoms with E-state index in [4.69, 9.17) is 0 Å². The SMILES string of the molecule is C/C(=C\C=O)[C@H]1CCCC[C@@H]1O. The predicted molar refractivity (Wildman–Crippen MR) is 47.8 cm³/mol. The molecule has 1 aliphatic rings. The van der Waals surface area contributed by atoms with E-state index in [9.17, 15) is 9.90 Å². The normalized spacial score (nSPS) is 31.7. The van der Waals surface area contributed by atoms with Gasteiger partial charge in [0.25, 0.3) is 0 Å². The van der Waals surface area contributed by atoms with Gasteiger partial charge in [0.1, 0.15) is 6.29 Å². The predicted octanol–water partition coefficient (Wildman–Crippen LogP) is 1.68. The van der Waals surface area contributed by atoms with E-state index < -0.39 is 0 Å². The van der Waals surface area contributed by atoms with Crippen LogP contribution in [0, 0.1) is 5.92 Å². The van der Waals surface area contributed by atoms with Crippen molar-refractivity contribution in [2.45, 2.75) is 38.7 Å². The van der Waals surface area contributed by atoms with Crippen LogP contribution in [0.15, 0.2) is 11.6 Å². The van der Waals surface area contributed by atoms with Gasteiger partial charge in [0.05, 0.1) is 6.10 Å². The Kier molecular flexibility index (Phi) is 3.48. The Morgan fingerprint density at radius 3 is 2.67 bits per heavy atom. The lowest BCUT2D eigenvalue weighted by molar-refractivity contribution is -0.104. The summed E-state index contributed by atoms with van der Waals surface area (Å²) in [5.41, 5.74) is 1.03. The molecule has 1 aliphatic carbocycles. The molecule has 0 aromatic heterocycles.